The van der Waals surface area contributed by atoms with Crippen molar-refractivity contribution >= 4 is 23.5 Å². The molecular weight excluding hydrogens is 386 g/mol. The molecule has 8 nitrogen and oxygen atoms in total. The molecule has 3 aromatic rings. The van der Waals surface area contributed by atoms with Crippen molar-refractivity contribution in [2.24, 2.45) is 0 Å². The SMILES string of the molecule is COc1c(C)ccc(C=Cc2ccccc2)c1[N+](=O)[O-].O=[N+]([O-])Nc1ccccc1. The summed E-state index contributed by atoms with van der Waals surface area (Å²) < 4.78 is 5.15. The summed E-state index contributed by atoms with van der Waals surface area (Å²) in [5, 5.41) is 20.5. The second-order valence-corrected chi connectivity index (χ2v) is 6.09. The van der Waals surface area contributed by atoms with Gasteiger partial charge in [0.05, 0.1) is 17.6 Å². The van der Waals surface area contributed by atoms with Crippen molar-refractivity contribution in [1.29, 1.82) is 0 Å². The maximum atomic E-state index is 11.3. The van der Waals surface area contributed by atoms with E-state index in [1.165, 1.54) is 7.11 Å². The van der Waals surface area contributed by atoms with Crippen molar-refractivity contribution in [3.63, 3.8) is 0 Å². The van der Waals surface area contributed by atoms with Crippen molar-refractivity contribution in [3.05, 3.63) is 110 Å². The van der Waals surface area contributed by atoms with Crippen LogP contribution in [0.3, 0.4) is 0 Å². The Labute approximate surface area is 173 Å². The molecule has 0 amide bonds. The van der Waals surface area contributed by atoms with E-state index in [0.29, 0.717) is 17.0 Å². The average Bonchev–Trinajstić information content (AvgIpc) is 2.74. The lowest BCUT2D eigenvalue weighted by Crippen LogP contribution is -2.06. The van der Waals surface area contributed by atoms with Crippen LogP contribution in [0.5, 0.6) is 5.75 Å². The number of hydrogen-bond donors (Lipinski definition) is 1. The Balaban J connectivity index is 0.000000269. The third-order valence-corrected chi connectivity index (χ3v) is 4.00. The highest BCUT2D eigenvalue weighted by molar-refractivity contribution is 5.77. The molecule has 0 unspecified atom stereocenters. The van der Waals surface area contributed by atoms with E-state index in [4.69, 9.17) is 4.74 Å². The number of nitrogens with zero attached hydrogens (tertiary/aromatic N) is 2. The average molecular weight is 407 g/mol. The molecule has 3 aromatic carbocycles. The molecule has 0 bridgehead atoms. The molecule has 0 fully saturated rings. The molecule has 0 saturated carbocycles. The standard InChI is InChI=1S/C16H15NO3.C6H6N2O2/c1-12-8-10-14(15(17(18)19)16(12)20-2)11-9-13-6-4-3-5-7-13;9-8(10)7-6-4-2-1-3-5-6/h3-11H,1-2H3;1-5,7H. The molecule has 0 atom stereocenters. The Morgan fingerprint density at radius 2 is 1.47 bits per heavy atom. The fraction of sp³-hybridized carbons (Fsp3) is 0.0909. The van der Waals surface area contributed by atoms with Crippen LogP contribution in [0.1, 0.15) is 16.7 Å². The number of aryl methyl sites for hydroxylation is 1. The Bertz CT molecular complexity index is 1020. The van der Waals surface area contributed by atoms with Gasteiger partial charge in [0.2, 0.25) is 0 Å². The smallest absolute Gasteiger partial charge is 0.318 e. The number of nitro groups is 2. The van der Waals surface area contributed by atoms with Crippen LogP contribution in [-0.4, -0.2) is 17.1 Å². The van der Waals surface area contributed by atoms with Gasteiger partial charge in [0.1, 0.15) is 5.69 Å². The van der Waals surface area contributed by atoms with E-state index >= 15 is 0 Å². The minimum absolute atomic E-state index is 0.000295. The van der Waals surface area contributed by atoms with Gasteiger partial charge < -0.3 is 4.74 Å². The molecule has 3 rings (SSSR count). The Morgan fingerprint density at radius 3 is 2.00 bits per heavy atom. The minimum atomic E-state index is -0.588. The fourth-order valence-electron chi connectivity index (χ4n) is 2.64. The first-order chi connectivity index (χ1) is 14.4. The molecule has 0 aliphatic rings. The van der Waals surface area contributed by atoms with Crippen LogP contribution >= 0.6 is 0 Å². The minimum Gasteiger partial charge on any atom is -0.490 e. The number of nitro benzene ring substituents is 1. The van der Waals surface area contributed by atoms with E-state index in [0.717, 1.165) is 11.1 Å². The maximum absolute atomic E-state index is 11.3. The molecule has 0 aliphatic heterocycles. The molecule has 0 spiro atoms. The molecule has 154 valence electrons. The number of para-hydroxylation sites is 1. The normalized spacial score (nSPS) is 10.1. The fourth-order valence-corrected chi connectivity index (χ4v) is 2.64. The first-order valence-electron chi connectivity index (χ1n) is 8.93. The van der Waals surface area contributed by atoms with Gasteiger partial charge >= 0.3 is 5.69 Å². The summed E-state index contributed by atoms with van der Waals surface area (Å²) >= 11 is 0. The van der Waals surface area contributed by atoms with Crippen LogP contribution in [0.25, 0.3) is 12.2 Å². The molecule has 0 aromatic heterocycles. The van der Waals surface area contributed by atoms with Gasteiger partial charge in [-0.15, -0.1) is 5.43 Å². The molecule has 0 aliphatic carbocycles. The van der Waals surface area contributed by atoms with E-state index in [9.17, 15) is 20.2 Å². The van der Waals surface area contributed by atoms with Gasteiger partial charge in [-0.25, -0.2) is 10.1 Å². The van der Waals surface area contributed by atoms with Gasteiger partial charge in [-0.05, 0) is 42.3 Å². The van der Waals surface area contributed by atoms with E-state index in [1.807, 2.05) is 47.9 Å². The van der Waals surface area contributed by atoms with Crippen molar-refractivity contribution < 1.29 is 14.7 Å². The largest absolute Gasteiger partial charge is 0.490 e. The van der Waals surface area contributed by atoms with Crippen molar-refractivity contribution in [1.82, 2.24) is 0 Å². The van der Waals surface area contributed by atoms with E-state index < -0.39 is 9.96 Å². The lowest BCUT2D eigenvalue weighted by atomic mass is 10.1. The van der Waals surface area contributed by atoms with Crippen LogP contribution in [-0.2, 0) is 0 Å². The molecule has 1 N–H and O–H groups in total. The van der Waals surface area contributed by atoms with E-state index in [2.05, 4.69) is 0 Å². The topological polar surface area (TPSA) is 108 Å². The summed E-state index contributed by atoms with van der Waals surface area (Å²) in [6, 6.07) is 21.7. The molecule has 0 saturated heterocycles. The van der Waals surface area contributed by atoms with Crippen LogP contribution in [0.2, 0.25) is 0 Å². The van der Waals surface area contributed by atoms with Gasteiger partial charge in [0.25, 0.3) is 0 Å². The summed E-state index contributed by atoms with van der Waals surface area (Å²) in [6.45, 7) is 1.79. The monoisotopic (exact) mass is 407 g/mol. The van der Waals surface area contributed by atoms with Gasteiger partial charge in [0.15, 0.2) is 10.8 Å². The Kier molecular flexibility index (Phi) is 8.07. The summed E-state index contributed by atoms with van der Waals surface area (Å²) in [5.74, 6) is 0.310. The molecule has 0 heterocycles. The molecular formula is C22H21N3O5. The summed E-state index contributed by atoms with van der Waals surface area (Å²) in [4.78, 5) is 20.7. The van der Waals surface area contributed by atoms with Gasteiger partial charge in [-0.2, -0.15) is 0 Å². The lowest BCUT2D eigenvalue weighted by molar-refractivity contribution is -0.445. The number of rotatable bonds is 6. The number of nitrogens with one attached hydrogen (secondary N) is 1. The van der Waals surface area contributed by atoms with Gasteiger partial charge in [-0.1, -0.05) is 60.7 Å². The number of hydrazine groups is 1. The van der Waals surface area contributed by atoms with Crippen molar-refractivity contribution in [2.75, 3.05) is 12.5 Å². The third-order valence-electron chi connectivity index (χ3n) is 4.00. The Morgan fingerprint density at radius 1 is 0.867 bits per heavy atom. The van der Waals surface area contributed by atoms with Gasteiger partial charge in [0, 0.05) is 0 Å². The van der Waals surface area contributed by atoms with Crippen molar-refractivity contribution in [3.8, 4) is 5.75 Å². The van der Waals surface area contributed by atoms with Crippen molar-refractivity contribution in [2.45, 2.75) is 6.92 Å². The predicted octanol–water partition coefficient (Wildman–Crippen LogP) is 5.37. The first-order valence-corrected chi connectivity index (χ1v) is 8.93. The summed E-state index contributed by atoms with van der Waals surface area (Å²) in [5.41, 5.74) is 4.78. The quantitative estimate of drug-likeness (QED) is 0.334. The molecule has 8 heteroatoms. The lowest BCUT2D eigenvalue weighted by Gasteiger charge is -2.07. The highest BCUT2D eigenvalue weighted by Gasteiger charge is 2.21. The maximum Gasteiger partial charge on any atom is 0.318 e. The second kappa shape index (κ2) is 11.0. The second-order valence-electron chi connectivity index (χ2n) is 6.09. The first kappa shape index (κ1) is 22.1. The summed E-state index contributed by atoms with van der Waals surface area (Å²) in [6.07, 6.45) is 3.58. The highest BCUT2D eigenvalue weighted by Crippen LogP contribution is 2.35. The number of hydrogen-bond acceptors (Lipinski definition) is 5. The number of anilines is 1. The summed E-state index contributed by atoms with van der Waals surface area (Å²) in [7, 11) is 1.44. The van der Waals surface area contributed by atoms with E-state index in [-0.39, 0.29) is 5.69 Å². The zero-order chi connectivity index (χ0) is 21.9. The van der Waals surface area contributed by atoms with Crippen LogP contribution in [0.15, 0.2) is 72.8 Å². The zero-order valence-corrected chi connectivity index (χ0v) is 16.5. The van der Waals surface area contributed by atoms with Gasteiger partial charge in [-0.3, -0.25) is 10.1 Å². The van der Waals surface area contributed by atoms with Crippen LogP contribution in [0.4, 0.5) is 11.4 Å². The Hall–Kier alpha value is -4.20. The number of ether oxygens (including phenoxy) is 1. The number of benzene rings is 3. The predicted molar refractivity (Wildman–Crippen MR) is 117 cm³/mol. The molecule has 30 heavy (non-hydrogen) atoms. The highest BCUT2D eigenvalue weighted by atomic mass is 16.7. The van der Waals surface area contributed by atoms with Crippen LogP contribution in [0, 0.1) is 27.2 Å². The zero-order valence-electron chi connectivity index (χ0n) is 16.5. The molecule has 0 radical (unpaired) electrons. The van der Waals surface area contributed by atoms with Crippen LogP contribution < -0.4 is 10.2 Å². The van der Waals surface area contributed by atoms with E-state index in [1.54, 1.807) is 49.4 Å². The number of methoxy groups -OCH3 is 1. The third kappa shape index (κ3) is 6.45.